The summed E-state index contributed by atoms with van der Waals surface area (Å²) >= 11 is 1.73. The molecule has 0 aliphatic carbocycles. The molecule has 6 atom stereocenters. The second-order valence-corrected chi connectivity index (χ2v) is 10.6. The molecule has 10 nitrogen and oxygen atoms in total. The molecular formula is C29H32O10S. The Morgan fingerprint density at radius 1 is 0.800 bits per heavy atom. The number of rotatable bonds is 8. The highest BCUT2D eigenvalue weighted by molar-refractivity contribution is 7.99. The van der Waals surface area contributed by atoms with Gasteiger partial charge in [0.1, 0.15) is 24.6 Å². The number of carbonyl (C=O) groups is 4. The van der Waals surface area contributed by atoms with E-state index < -0.39 is 54.4 Å². The molecular weight excluding hydrogens is 540 g/mol. The van der Waals surface area contributed by atoms with E-state index in [1.165, 1.54) is 27.7 Å². The smallest absolute Gasteiger partial charge is 0.303 e. The lowest BCUT2D eigenvalue weighted by Crippen LogP contribution is -2.59. The minimum atomic E-state index is -1.22. The number of thioether (sulfide) groups is 1. The van der Waals surface area contributed by atoms with Gasteiger partial charge in [0.2, 0.25) is 0 Å². The molecule has 0 N–H and O–H groups in total. The molecule has 40 heavy (non-hydrogen) atoms. The lowest BCUT2D eigenvalue weighted by Gasteiger charge is -2.44. The largest absolute Gasteiger partial charge is 0.497 e. The van der Waals surface area contributed by atoms with Crippen LogP contribution in [0.3, 0.4) is 0 Å². The van der Waals surface area contributed by atoms with Crippen LogP contribution in [0, 0.1) is 0 Å². The zero-order valence-electron chi connectivity index (χ0n) is 22.9. The number of hydrogen-bond donors (Lipinski definition) is 0. The van der Waals surface area contributed by atoms with Crippen LogP contribution in [0.2, 0.25) is 0 Å². The van der Waals surface area contributed by atoms with Gasteiger partial charge in [0.15, 0.2) is 18.3 Å². The van der Waals surface area contributed by atoms with Gasteiger partial charge >= 0.3 is 23.9 Å². The molecule has 1 saturated heterocycles. The van der Waals surface area contributed by atoms with Gasteiger partial charge in [-0.05, 0) is 34.9 Å². The predicted molar refractivity (Wildman–Crippen MR) is 143 cm³/mol. The topological polar surface area (TPSA) is 124 Å². The molecule has 0 saturated carbocycles. The van der Waals surface area contributed by atoms with Crippen LogP contribution in [-0.4, -0.2) is 67.8 Å². The van der Waals surface area contributed by atoms with Crippen molar-refractivity contribution in [1.29, 1.82) is 0 Å². The third-order valence-electron chi connectivity index (χ3n) is 6.65. The van der Waals surface area contributed by atoms with Gasteiger partial charge in [-0.25, -0.2) is 0 Å². The summed E-state index contributed by atoms with van der Waals surface area (Å²) in [6, 6.07) is 13.7. The van der Waals surface area contributed by atoms with E-state index in [0.717, 1.165) is 27.5 Å². The average molecular weight is 573 g/mol. The van der Waals surface area contributed by atoms with Gasteiger partial charge in [-0.1, -0.05) is 24.3 Å². The van der Waals surface area contributed by atoms with Gasteiger partial charge in [0.05, 0.1) is 7.11 Å². The van der Waals surface area contributed by atoms with Gasteiger partial charge < -0.3 is 28.4 Å². The van der Waals surface area contributed by atoms with E-state index in [0.29, 0.717) is 5.56 Å². The monoisotopic (exact) mass is 572 g/mol. The summed E-state index contributed by atoms with van der Waals surface area (Å²) in [5.74, 6) is -0.846. The first kappa shape index (κ1) is 29.4. The fraction of sp³-hybridized carbons (Fsp3) is 0.448. The highest BCUT2D eigenvalue weighted by atomic mass is 32.2. The highest BCUT2D eigenvalue weighted by Crippen LogP contribution is 2.46. The zero-order valence-corrected chi connectivity index (χ0v) is 23.7. The molecule has 0 amide bonds. The van der Waals surface area contributed by atoms with Gasteiger partial charge in [0.25, 0.3) is 0 Å². The predicted octanol–water partition coefficient (Wildman–Crippen LogP) is 3.73. The Balaban J connectivity index is 1.76. The van der Waals surface area contributed by atoms with E-state index in [1.54, 1.807) is 18.9 Å². The number of fused-ring (bicyclic) bond motifs is 1. The van der Waals surface area contributed by atoms with Crippen LogP contribution in [0.4, 0.5) is 0 Å². The van der Waals surface area contributed by atoms with Crippen LogP contribution in [-0.2, 0) is 42.9 Å². The summed E-state index contributed by atoms with van der Waals surface area (Å²) in [5.41, 5.74) is 2.85. The van der Waals surface area contributed by atoms with Gasteiger partial charge in [0, 0.05) is 44.3 Å². The summed E-state index contributed by atoms with van der Waals surface area (Å²) in [7, 11) is 1.62. The first-order valence-electron chi connectivity index (χ1n) is 12.8. The zero-order chi connectivity index (χ0) is 29.0. The third-order valence-corrected chi connectivity index (χ3v) is 7.84. The number of ether oxygens (including phenoxy) is 6. The standard InChI is InChI=1S/C29H32O10S/c1-15(30)35-13-24-27(36-16(2)31)29(38-18(4)33)28(37-17(3)32)26(39-24)20-8-11-25-22(12-20)23(14-40-25)19-6-9-21(34-5)10-7-19/h6-12,23-24,26-29H,13-14H2,1-5H3. The SMILES string of the molecule is COc1ccc(C2CSc3ccc(C4OC(COC(C)=O)C(OC(C)=O)C(OC(C)=O)C4OC(C)=O)cc32)cc1. The molecule has 2 heterocycles. The highest BCUT2D eigenvalue weighted by Gasteiger charge is 2.52. The maximum absolute atomic E-state index is 12.2. The van der Waals surface area contributed by atoms with Crippen molar-refractivity contribution in [1.82, 2.24) is 0 Å². The van der Waals surface area contributed by atoms with Crippen LogP contribution in [0.15, 0.2) is 47.4 Å². The molecule has 11 heteroatoms. The molecule has 2 aromatic rings. The average Bonchev–Trinajstić information content (AvgIpc) is 3.32. The van der Waals surface area contributed by atoms with Crippen LogP contribution >= 0.6 is 11.8 Å². The molecule has 2 aliphatic heterocycles. The Kier molecular flexibility index (Phi) is 9.36. The van der Waals surface area contributed by atoms with Crippen molar-refractivity contribution in [2.24, 2.45) is 0 Å². The van der Waals surface area contributed by atoms with Gasteiger partial charge in [-0.2, -0.15) is 0 Å². The molecule has 1 fully saturated rings. The molecule has 0 aromatic heterocycles. The quantitative estimate of drug-likeness (QED) is 0.339. The summed E-state index contributed by atoms with van der Waals surface area (Å²) in [4.78, 5) is 49.1. The minimum absolute atomic E-state index is 0.0940. The molecule has 6 unspecified atom stereocenters. The number of carbonyl (C=O) groups excluding carboxylic acids is 4. The summed E-state index contributed by atoms with van der Waals surface area (Å²) < 4.78 is 33.6. The Morgan fingerprint density at radius 3 is 2.00 bits per heavy atom. The van der Waals surface area contributed by atoms with Gasteiger partial charge in [-0.3, -0.25) is 19.2 Å². The Hall–Kier alpha value is -3.57. The minimum Gasteiger partial charge on any atom is -0.497 e. The Morgan fingerprint density at radius 2 is 1.40 bits per heavy atom. The number of benzene rings is 2. The van der Waals surface area contributed by atoms with E-state index in [2.05, 4.69) is 0 Å². The first-order chi connectivity index (χ1) is 19.1. The fourth-order valence-corrected chi connectivity index (χ4v) is 6.27. The van der Waals surface area contributed by atoms with E-state index in [4.69, 9.17) is 28.4 Å². The lowest BCUT2D eigenvalue weighted by molar-refractivity contribution is -0.254. The maximum Gasteiger partial charge on any atom is 0.303 e. The van der Waals surface area contributed by atoms with E-state index in [-0.39, 0.29) is 12.5 Å². The second kappa shape index (κ2) is 12.7. The fourth-order valence-electron chi connectivity index (χ4n) is 5.02. The van der Waals surface area contributed by atoms with E-state index in [1.807, 2.05) is 42.5 Å². The maximum atomic E-state index is 12.2. The number of methoxy groups -OCH3 is 1. The number of esters is 4. The van der Waals surface area contributed by atoms with Gasteiger partial charge in [-0.15, -0.1) is 11.8 Å². The van der Waals surface area contributed by atoms with Crippen molar-refractivity contribution in [3.63, 3.8) is 0 Å². The molecule has 214 valence electrons. The second-order valence-electron chi connectivity index (χ2n) is 9.55. The first-order valence-corrected chi connectivity index (χ1v) is 13.8. The third kappa shape index (κ3) is 6.76. The normalized spacial score (nSPS) is 25.3. The van der Waals surface area contributed by atoms with Crippen molar-refractivity contribution in [3.05, 3.63) is 59.2 Å². The molecule has 2 aromatic carbocycles. The van der Waals surface area contributed by atoms with Crippen molar-refractivity contribution < 1.29 is 47.6 Å². The van der Waals surface area contributed by atoms with Crippen molar-refractivity contribution in [2.75, 3.05) is 19.5 Å². The van der Waals surface area contributed by atoms with E-state index in [9.17, 15) is 19.2 Å². The van der Waals surface area contributed by atoms with Crippen LogP contribution in [0.25, 0.3) is 0 Å². The van der Waals surface area contributed by atoms with E-state index >= 15 is 0 Å². The summed E-state index contributed by atoms with van der Waals surface area (Å²) in [6.07, 6.45) is -5.49. The lowest BCUT2D eigenvalue weighted by atomic mass is 9.87. The van der Waals surface area contributed by atoms with Crippen molar-refractivity contribution >= 4 is 35.6 Å². The molecule has 2 aliphatic rings. The van der Waals surface area contributed by atoms with Crippen LogP contribution < -0.4 is 4.74 Å². The summed E-state index contributed by atoms with van der Waals surface area (Å²) in [5, 5.41) is 0. The molecule has 0 radical (unpaired) electrons. The summed E-state index contributed by atoms with van der Waals surface area (Å²) in [6.45, 7) is 4.59. The van der Waals surface area contributed by atoms with Crippen LogP contribution in [0.1, 0.15) is 56.4 Å². The molecule has 4 rings (SSSR count). The molecule has 0 spiro atoms. The Bertz CT molecular complexity index is 1260. The van der Waals surface area contributed by atoms with Crippen molar-refractivity contribution in [3.8, 4) is 5.75 Å². The molecule has 0 bridgehead atoms. The van der Waals surface area contributed by atoms with Crippen molar-refractivity contribution in [2.45, 2.75) is 69.0 Å². The Labute approximate surface area is 236 Å². The van der Waals surface area contributed by atoms with Crippen LogP contribution in [0.5, 0.6) is 5.75 Å². The number of hydrogen-bond acceptors (Lipinski definition) is 11.